The van der Waals surface area contributed by atoms with Crippen LogP contribution in [0.3, 0.4) is 0 Å². The summed E-state index contributed by atoms with van der Waals surface area (Å²) in [6.07, 6.45) is 5.85. The summed E-state index contributed by atoms with van der Waals surface area (Å²) in [6.45, 7) is 3.97. The molecule has 1 saturated heterocycles. The van der Waals surface area contributed by atoms with E-state index in [1.165, 1.54) is 6.33 Å². The van der Waals surface area contributed by atoms with Gasteiger partial charge in [-0.3, -0.25) is 9.48 Å². The summed E-state index contributed by atoms with van der Waals surface area (Å²) in [5.41, 5.74) is 1.38. The van der Waals surface area contributed by atoms with Crippen molar-refractivity contribution in [3.8, 4) is 0 Å². The predicted molar refractivity (Wildman–Crippen MR) is 95.6 cm³/mol. The molecule has 2 heterocycles. The maximum absolute atomic E-state index is 12.6. The van der Waals surface area contributed by atoms with Crippen molar-refractivity contribution in [2.45, 2.75) is 32.7 Å². The van der Waals surface area contributed by atoms with Crippen molar-refractivity contribution in [3.63, 3.8) is 0 Å². The number of benzene rings is 1. The van der Waals surface area contributed by atoms with Gasteiger partial charge < -0.3 is 10.0 Å². The van der Waals surface area contributed by atoms with Crippen molar-refractivity contribution < 1.29 is 14.7 Å². The predicted octanol–water partition coefficient (Wildman–Crippen LogP) is 2.09. The van der Waals surface area contributed by atoms with Gasteiger partial charge in [0.1, 0.15) is 12.7 Å². The minimum absolute atomic E-state index is 0.125. The standard InChI is InChI=1S/C19H24N4O3/c1-14(11-23-13-20-12-21-23)18(24)22-7-5-15(6-8-22)9-16-3-2-4-17(10-16)19(25)26/h2-4,10,12-15H,5-9,11H2,1H3,(H,25,26)/t14-/m0/s1. The lowest BCUT2D eigenvalue weighted by atomic mass is 9.89. The molecule has 1 amide bonds. The third-order valence-electron chi connectivity index (χ3n) is 4.97. The van der Waals surface area contributed by atoms with Crippen LogP contribution in [0, 0.1) is 11.8 Å². The fraction of sp³-hybridized carbons (Fsp3) is 0.474. The zero-order valence-corrected chi connectivity index (χ0v) is 14.9. The van der Waals surface area contributed by atoms with Gasteiger partial charge in [-0.25, -0.2) is 9.78 Å². The van der Waals surface area contributed by atoms with Crippen LogP contribution in [-0.2, 0) is 17.8 Å². The molecule has 0 radical (unpaired) electrons. The third kappa shape index (κ3) is 4.47. The van der Waals surface area contributed by atoms with Crippen molar-refractivity contribution in [2.24, 2.45) is 11.8 Å². The third-order valence-corrected chi connectivity index (χ3v) is 4.97. The smallest absolute Gasteiger partial charge is 0.335 e. The van der Waals surface area contributed by atoms with Gasteiger partial charge in [0.05, 0.1) is 18.0 Å². The highest BCUT2D eigenvalue weighted by atomic mass is 16.4. The number of carbonyl (C=O) groups is 2. The Labute approximate surface area is 152 Å². The van der Waals surface area contributed by atoms with Gasteiger partial charge in [-0.15, -0.1) is 0 Å². The fourth-order valence-electron chi connectivity index (χ4n) is 3.52. The Balaban J connectivity index is 1.50. The van der Waals surface area contributed by atoms with E-state index in [9.17, 15) is 9.59 Å². The maximum Gasteiger partial charge on any atom is 0.335 e. The Morgan fingerprint density at radius 2 is 2.08 bits per heavy atom. The number of carbonyl (C=O) groups excluding carboxylic acids is 1. The first-order chi connectivity index (χ1) is 12.5. The highest BCUT2D eigenvalue weighted by molar-refractivity contribution is 5.87. The summed E-state index contributed by atoms with van der Waals surface area (Å²) >= 11 is 0. The molecule has 1 atom stereocenters. The van der Waals surface area contributed by atoms with Gasteiger partial charge in [0.2, 0.25) is 5.91 Å². The second-order valence-corrected chi connectivity index (χ2v) is 7.00. The first-order valence-electron chi connectivity index (χ1n) is 8.96. The normalized spacial score (nSPS) is 16.4. The number of carboxylic acid groups (broad SMARTS) is 1. The van der Waals surface area contributed by atoms with E-state index in [1.807, 2.05) is 17.9 Å². The molecule has 0 aliphatic carbocycles. The molecule has 2 aromatic rings. The second kappa shape index (κ2) is 8.12. The monoisotopic (exact) mass is 356 g/mol. The largest absolute Gasteiger partial charge is 0.478 e. The SMILES string of the molecule is C[C@@H](Cn1cncn1)C(=O)N1CCC(Cc2cccc(C(=O)O)c2)CC1. The van der Waals surface area contributed by atoms with E-state index in [4.69, 9.17) is 5.11 Å². The van der Waals surface area contributed by atoms with E-state index in [-0.39, 0.29) is 11.8 Å². The number of likely N-dealkylation sites (tertiary alicyclic amines) is 1. The van der Waals surface area contributed by atoms with Crippen molar-refractivity contribution in [2.75, 3.05) is 13.1 Å². The van der Waals surface area contributed by atoms with Crippen LogP contribution < -0.4 is 0 Å². The molecule has 0 bridgehead atoms. The summed E-state index contributed by atoms with van der Waals surface area (Å²) in [7, 11) is 0. The maximum atomic E-state index is 12.6. The number of nitrogens with zero attached hydrogens (tertiary/aromatic N) is 4. The minimum atomic E-state index is -0.895. The molecule has 1 aliphatic rings. The topological polar surface area (TPSA) is 88.3 Å². The van der Waals surface area contributed by atoms with Crippen LogP contribution in [0.4, 0.5) is 0 Å². The molecule has 7 nitrogen and oxygen atoms in total. The Kier molecular flexibility index (Phi) is 5.65. The summed E-state index contributed by atoms with van der Waals surface area (Å²) in [5.74, 6) is -0.380. The van der Waals surface area contributed by atoms with Crippen molar-refractivity contribution in [3.05, 3.63) is 48.0 Å². The van der Waals surface area contributed by atoms with E-state index in [1.54, 1.807) is 29.2 Å². The average Bonchev–Trinajstić information content (AvgIpc) is 3.15. The molecule has 1 aliphatic heterocycles. The molecule has 1 fully saturated rings. The van der Waals surface area contributed by atoms with Gasteiger partial charge in [0.25, 0.3) is 0 Å². The first kappa shape index (κ1) is 18.1. The number of carboxylic acids is 1. The van der Waals surface area contributed by atoms with Crippen LogP contribution in [0.25, 0.3) is 0 Å². The number of amides is 1. The number of rotatable bonds is 6. The fourth-order valence-corrected chi connectivity index (χ4v) is 3.52. The van der Waals surface area contributed by atoms with E-state index in [0.717, 1.165) is 37.9 Å². The highest BCUT2D eigenvalue weighted by Gasteiger charge is 2.26. The molecule has 0 unspecified atom stereocenters. The Morgan fingerprint density at radius 1 is 1.31 bits per heavy atom. The molecule has 7 heteroatoms. The van der Waals surface area contributed by atoms with Crippen LogP contribution in [0.15, 0.2) is 36.9 Å². The lowest BCUT2D eigenvalue weighted by molar-refractivity contribution is -0.136. The van der Waals surface area contributed by atoms with Crippen LogP contribution in [0.2, 0.25) is 0 Å². The second-order valence-electron chi connectivity index (χ2n) is 7.00. The Hall–Kier alpha value is -2.70. The molecular weight excluding hydrogens is 332 g/mol. The highest BCUT2D eigenvalue weighted by Crippen LogP contribution is 2.23. The summed E-state index contributed by atoms with van der Waals surface area (Å²) in [5, 5.41) is 13.2. The summed E-state index contributed by atoms with van der Waals surface area (Å²) < 4.78 is 1.69. The summed E-state index contributed by atoms with van der Waals surface area (Å²) in [6, 6.07) is 7.14. The van der Waals surface area contributed by atoms with Gasteiger partial charge in [0.15, 0.2) is 0 Å². The van der Waals surface area contributed by atoms with Crippen LogP contribution in [-0.4, -0.2) is 49.7 Å². The molecule has 1 aromatic carbocycles. The van der Waals surface area contributed by atoms with E-state index >= 15 is 0 Å². The van der Waals surface area contributed by atoms with Crippen molar-refractivity contribution in [1.29, 1.82) is 0 Å². The first-order valence-corrected chi connectivity index (χ1v) is 8.96. The van der Waals surface area contributed by atoms with Gasteiger partial charge in [-0.2, -0.15) is 5.10 Å². The lowest BCUT2D eigenvalue weighted by Crippen LogP contribution is -2.42. The minimum Gasteiger partial charge on any atom is -0.478 e. The molecule has 138 valence electrons. The number of aromatic nitrogens is 3. The zero-order chi connectivity index (χ0) is 18.5. The Bertz CT molecular complexity index is 752. The number of hydrogen-bond acceptors (Lipinski definition) is 4. The van der Waals surface area contributed by atoms with Crippen molar-refractivity contribution >= 4 is 11.9 Å². The van der Waals surface area contributed by atoms with Gasteiger partial charge in [-0.05, 0) is 42.9 Å². The number of hydrogen-bond donors (Lipinski definition) is 1. The molecule has 26 heavy (non-hydrogen) atoms. The average molecular weight is 356 g/mol. The number of aromatic carboxylic acids is 1. The molecule has 3 rings (SSSR count). The van der Waals surface area contributed by atoms with E-state index < -0.39 is 5.97 Å². The van der Waals surface area contributed by atoms with Crippen LogP contribution in [0.1, 0.15) is 35.7 Å². The summed E-state index contributed by atoms with van der Waals surface area (Å²) in [4.78, 5) is 29.5. The molecule has 1 aromatic heterocycles. The van der Waals surface area contributed by atoms with Gasteiger partial charge in [-0.1, -0.05) is 19.1 Å². The Morgan fingerprint density at radius 3 is 2.73 bits per heavy atom. The molecule has 0 spiro atoms. The quantitative estimate of drug-likeness (QED) is 0.856. The number of piperidine rings is 1. The van der Waals surface area contributed by atoms with Crippen LogP contribution >= 0.6 is 0 Å². The van der Waals surface area contributed by atoms with Crippen molar-refractivity contribution in [1.82, 2.24) is 19.7 Å². The molecule has 1 N–H and O–H groups in total. The van der Waals surface area contributed by atoms with E-state index in [0.29, 0.717) is 18.0 Å². The van der Waals surface area contributed by atoms with Crippen LogP contribution in [0.5, 0.6) is 0 Å². The lowest BCUT2D eigenvalue weighted by Gasteiger charge is -2.33. The molecular formula is C19H24N4O3. The zero-order valence-electron chi connectivity index (χ0n) is 14.9. The molecule has 0 saturated carbocycles. The van der Waals surface area contributed by atoms with Gasteiger partial charge in [0, 0.05) is 13.1 Å². The van der Waals surface area contributed by atoms with E-state index in [2.05, 4.69) is 10.1 Å². The van der Waals surface area contributed by atoms with Gasteiger partial charge >= 0.3 is 5.97 Å².